The van der Waals surface area contributed by atoms with E-state index in [1.807, 2.05) is 0 Å². The van der Waals surface area contributed by atoms with Crippen molar-refractivity contribution in [2.24, 2.45) is 58.2 Å². The maximum Gasteiger partial charge on any atom is 0.192 e. The van der Waals surface area contributed by atoms with Gasteiger partial charge in [-0.15, -0.1) is 0 Å². The lowest BCUT2D eigenvalue weighted by Crippen LogP contribution is -2.59. The molecule has 1 unspecified atom stereocenters. The molecule has 0 aliphatic heterocycles. The Morgan fingerprint density at radius 2 is 1.56 bits per heavy atom. The fraction of sp³-hybridized carbons (Fsp3) is 0.944. The molecule has 224 valence electrons. The predicted octanol–water partition coefficient (Wildman–Crippen LogP) is 10.5. The van der Waals surface area contributed by atoms with Crippen molar-refractivity contribution in [3.8, 4) is 0 Å². The van der Waals surface area contributed by atoms with Crippen LogP contribution in [0, 0.1) is 58.2 Å². The summed E-state index contributed by atoms with van der Waals surface area (Å²) in [6, 6.07) is 0. The summed E-state index contributed by atoms with van der Waals surface area (Å²) in [6.07, 6.45) is 14.8. The van der Waals surface area contributed by atoms with E-state index in [4.69, 9.17) is 4.43 Å². The molecular weight excluding hydrogens is 492 g/mol. The third-order valence-electron chi connectivity index (χ3n) is 13.7. The number of hydrogen-bond donors (Lipinski definition) is 0. The van der Waals surface area contributed by atoms with Crippen LogP contribution in [0.4, 0.5) is 0 Å². The Balaban J connectivity index is 1.68. The zero-order valence-electron chi connectivity index (χ0n) is 27.8. The summed E-state index contributed by atoms with van der Waals surface area (Å²) in [7, 11) is -1.95. The molecule has 4 saturated carbocycles. The largest absolute Gasteiger partial charge is 0.414 e. The summed E-state index contributed by atoms with van der Waals surface area (Å²) in [5.41, 5.74) is 1.87. The molecule has 0 amide bonds. The van der Waals surface area contributed by atoms with E-state index < -0.39 is 8.32 Å². The molecule has 0 aromatic rings. The van der Waals surface area contributed by atoms with Crippen molar-refractivity contribution in [3.05, 3.63) is 5.57 Å². The van der Waals surface area contributed by atoms with Gasteiger partial charge in [-0.05, 0) is 116 Å². The summed E-state index contributed by atoms with van der Waals surface area (Å²) in [6.45, 7) is 26.7. The standard InChI is InChI=1S/C36H64O2Si/c1-24(2)15-14-16-25(3)28-18-19-30-33-27(23-37)32(26(4)38-39(10,11)34(5,6)7)29-17-12-13-21-35(29,8)31(33)20-22-36(28,30)9/h24-26,28-33H,12-22H2,1-11H3/t25-,26?,28-,29+,30+,31+,32-,33+,35+,36-/m1/s1. The van der Waals surface area contributed by atoms with Gasteiger partial charge in [0.25, 0.3) is 0 Å². The van der Waals surface area contributed by atoms with E-state index in [1.165, 1.54) is 76.2 Å². The number of hydrogen-bond acceptors (Lipinski definition) is 2. The topological polar surface area (TPSA) is 26.3 Å². The van der Waals surface area contributed by atoms with E-state index >= 15 is 0 Å². The highest BCUT2D eigenvalue weighted by Crippen LogP contribution is 2.70. The minimum atomic E-state index is -1.95. The Morgan fingerprint density at radius 3 is 2.18 bits per heavy atom. The first-order valence-corrected chi connectivity index (χ1v) is 19.9. The van der Waals surface area contributed by atoms with Gasteiger partial charge in [-0.3, -0.25) is 0 Å². The van der Waals surface area contributed by atoms with Crippen LogP contribution < -0.4 is 0 Å². The maximum atomic E-state index is 13.2. The average Bonchev–Trinajstić information content (AvgIpc) is 3.18. The van der Waals surface area contributed by atoms with Gasteiger partial charge in [0.15, 0.2) is 8.32 Å². The first-order chi connectivity index (χ1) is 18.1. The second-order valence-corrected chi connectivity index (χ2v) is 22.1. The summed E-state index contributed by atoms with van der Waals surface area (Å²) >= 11 is 0. The summed E-state index contributed by atoms with van der Waals surface area (Å²) in [5, 5.41) is 0.174. The van der Waals surface area contributed by atoms with Crippen LogP contribution >= 0.6 is 0 Å². The van der Waals surface area contributed by atoms with Crippen LogP contribution in [0.15, 0.2) is 5.57 Å². The molecular formula is C36H64O2Si. The fourth-order valence-electron chi connectivity index (χ4n) is 10.6. The predicted molar refractivity (Wildman–Crippen MR) is 169 cm³/mol. The molecule has 39 heavy (non-hydrogen) atoms. The second kappa shape index (κ2) is 11.4. The van der Waals surface area contributed by atoms with Crippen molar-refractivity contribution in [2.45, 2.75) is 157 Å². The molecule has 10 atom stereocenters. The Labute approximate surface area is 244 Å². The Kier molecular flexibility index (Phi) is 9.20. The molecule has 0 spiro atoms. The molecule has 4 aliphatic rings. The Bertz CT molecular complexity index is 910. The minimum Gasteiger partial charge on any atom is -0.414 e. The van der Waals surface area contributed by atoms with Crippen molar-refractivity contribution in [2.75, 3.05) is 0 Å². The molecule has 0 saturated heterocycles. The zero-order chi connectivity index (χ0) is 29.0. The van der Waals surface area contributed by atoms with Crippen LogP contribution in [0.5, 0.6) is 0 Å². The molecule has 4 rings (SSSR count). The molecule has 0 N–H and O–H groups in total. The van der Waals surface area contributed by atoms with Gasteiger partial charge in [-0.2, -0.15) is 0 Å². The van der Waals surface area contributed by atoms with Crippen LogP contribution in [-0.2, 0) is 9.22 Å². The van der Waals surface area contributed by atoms with Gasteiger partial charge in [-0.1, -0.05) is 87.5 Å². The van der Waals surface area contributed by atoms with Gasteiger partial charge in [0, 0.05) is 17.6 Å². The van der Waals surface area contributed by atoms with E-state index in [1.54, 1.807) is 0 Å². The van der Waals surface area contributed by atoms with Crippen LogP contribution in [-0.4, -0.2) is 20.4 Å². The lowest BCUT2D eigenvalue weighted by molar-refractivity contribution is -0.121. The average molecular weight is 557 g/mol. The van der Waals surface area contributed by atoms with Crippen molar-refractivity contribution in [3.63, 3.8) is 0 Å². The van der Waals surface area contributed by atoms with Gasteiger partial charge in [0.2, 0.25) is 0 Å². The molecule has 4 fully saturated rings. The van der Waals surface area contributed by atoms with E-state index in [0.29, 0.717) is 34.5 Å². The van der Waals surface area contributed by atoms with Crippen molar-refractivity contribution in [1.82, 2.24) is 0 Å². The van der Waals surface area contributed by atoms with Gasteiger partial charge in [0.1, 0.15) is 5.94 Å². The molecule has 0 aromatic heterocycles. The van der Waals surface area contributed by atoms with Crippen molar-refractivity contribution >= 4 is 14.3 Å². The number of fused-ring (bicyclic) bond motifs is 5. The SMILES string of the molecule is CC(C)CCC[C@@H](C)[C@H]1CC[C@H]2[C@@H]3C(=C=O)[C@@H](C(C)O[Si](C)(C)C(C)(C)C)[C@@H]4CCCC[C@]4(C)[C@H]3CC[C@]12C. The smallest absolute Gasteiger partial charge is 0.192 e. The van der Waals surface area contributed by atoms with Crippen LogP contribution in [0.25, 0.3) is 0 Å². The first kappa shape index (κ1) is 31.6. The third-order valence-corrected chi connectivity index (χ3v) is 18.3. The molecule has 0 heterocycles. The monoisotopic (exact) mass is 556 g/mol. The summed E-state index contributed by atoms with van der Waals surface area (Å²) < 4.78 is 7.15. The maximum absolute atomic E-state index is 13.2. The summed E-state index contributed by atoms with van der Waals surface area (Å²) in [5.74, 6) is 7.67. The number of carbonyl (C=O) groups excluding carboxylic acids is 1. The molecule has 2 nitrogen and oxygen atoms in total. The second-order valence-electron chi connectivity index (χ2n) is 17.3. The normalized spacial score (nSPS) is 40.5. The van der Waals surface area contributed by atoms with Crippen LogP contribution in [0.2, 0.25) is 18.1 Å². The van der Waals surface area contributed by atoms with Crippen molar-refractivity contribution in [1.29, 1.82) is 0 Å². The van der Waals surface area contributed by atoms with Crippen LogP contribution in [0.3, 0.4) is 0 Å². The first-order valence-electron chi connectivity index (χ1n) is 17.0. The highest BCUT2D eigenvalue weighted by molar-refractivity contribution is 6.74. The third kappa shape index (κ3) is 5.57. The zero-order valence-corrected chi connectivity index (χ0v) is 28.8. The lowest BCUT2D eigenvalue weighted by Gasteiger charge is -2.64. The molecule has 3 heteroatoms. The fourth-order valence-corrected chi connectivity index (χ4v) is 12.1. The Hall–Kier alpha value is -0.373. The molecule has 0 aromatic carbocycles. The van der Waals surface area contributed by atoms with E-state index in [9.17, 15) is 4.79 Å². The van der Waals surface area contributed by atoms with Gasteiger partial charge >= 0.3 is 0 Å². The minimum absolute atomic E-state index is 0.103. The lowest BCUT2D eigenvalue weighted by atomic mass is 9.41. The van der Waals surface area contributed by atoms with E-state index in [-0.39, 0.29) is 17.1 Å². The highest BCUT2D eigenvalue weighted by atomic mass is 28.4. The van der Waals surface area contributed by atoms with E-state index in [2.05, 4.69) is 81.3 Å². The van der Waals surface area contributed by atoms with Gasteiger partial charge in [-0.25, -0.2) is 4.79 Å². The van der Waals surface area contributed by atoms with Gasteiger partial charge in [0.05, 0.1) is 0 Å². The van der Waals surface area contributed by atoms with Crippen LogP contribution in [0.1, 0.15) is 133 Å². The Morgan fingerprint density at radius 1 is 0.897 bits per heavy atom. The molecule has 4 aliphatic carbocycles. The number of rotatable bonds is 8. The van der Waals surface area contributed by atoms with E-state index in [0.717, 1.165) is 17.8 Å². The highest BCUT2D eigenvalue weighted by Gasteiger charge is 2.64. The molecule has 0 radical (unpaired) electrons. The van der Waals surface area contributed by atoms with Gasteiger partial charge < -0.3 is 4.43 Å². The van der Waals surface area contributed by atoms with Crippen molar-refractivity contribution < 1.29 is 9.22 Å². The quantitative estimate of drug-likeness (QED) is 0.219. The summed E-state index contributed by atoms with van der Waals surface area (Å²) in [4.78, 5) is 13.2. The molecule has 0 bridgehead atoms.